The van der Waals surface area contributed by atoms with Gasteiger partial charge in [0.25, 0.3) is 0 Å². The average Bonchev–Trinajstić information content (AvgIpc) is 2.47. The quantitative estimate of drug-likeness (QED) is 0.861. The first-order valence-corrected chi connectivity index (χ1v) is 6.45. The van der Waals surface area contributed by atoms with Crippen molar-refractivity contribution in [2.75, 3.05) is 18.4 Å². The van der Waals surface area contributed by atoms with Crippen molar-refractivity contribution in [2.45, 2.75) is 6.92 Å². The van der Waals surface area contributed by atoms with Crippen LogP contribution in [0.4, 0.5) is 5.69 Å². The van der Waals surface area contributed by atoms with Crippen molar-refractivity contribution in [1.29, 1.82) is 0 Å². The largest absolute Gasteiger partial charge is 0.376 e. The van der Waals surface area contributed by atoms with Crippen molar-refractivity contribution in [3.63, 3.8) is 0 Å². The number of amides is 1. The molecule has 0 bridgehead atoms. The van der Waals surface area contributed by atoms with Crippen LogP contribution in [0.5, 0.6) is 0 Å². The highest BCUT2D eigenvalue weighted by molar-refractivity contribution is 5.80. The molecule has 98 valence electrons. The zero-order valence-corrected chi connectivity index (χ0v) is 11.0. The fourth-order valence-corrected chi connectivity index (χ4v) is 1.85. The number of hydrogen-bond acceptors (Lipinski definition) is 2. The number of hydrogen-bond donors (Lipinski definition) is 2. The van der Waals surface area contributed by atoms with Crippen LogP contribution in [0.1, 0.15) is 6.92 Å². The normalized spacial score (nSPS) is 9.95. The molecule has 0 aliphatic rings. The molecule has 0 aliphatic carbocycles. The maximum atomic E-state index is 11.3. The molecule has 2 N–H and O–H groups in total. The van der Waals surface area contributed by atoms with Gasteiger partial charge < -0.3 is 10.6 Å². The molecule has 2 aromatic rings. The number of likely N-dealkylation sites (N-methyl/N-ethyl adjacent to an activating group) is 1. The third-order valence-electron chi connectivity index (χ3n) is 2.82. The summed E-state index contributed by atoms with van der Waals surface area (Å²) in [4.78, 5) is 11.3. The zero-order chi connectivity index (χ0) is 13.5. The van der Waals surface area contributed by atoms with Gasteiger partial charge in [-0.2, -0.15) is 0 Å². The molecular weight excluding hydrogens is 236 g/mol. The van der Waals surface area contributed by atoms with E-state index in [1.165, 1.54) is 11.1 Å². The molecule has 0 radical (unpaired) electrons. The summed E-state index contributed by atoms with van der Waals surface area (Å²) in [6.45, 7) is 2.87. The van der Waals surface area contributed by atoms with E-state index in [-0.39, 0.29) is 5.91 Å². The Labute approximate surface area is 113 Å². The molecule has 0 saturated carbocycles. The Bertz CT molecular complexity index is 520. The van der Waals surface area contributed by atoms with Crippen molar-refractivity contribution in [3.05, 3.63) is 54.6 Å². The molecule has 3 nitrogen and oxygen atoms in total. The Hall–Kier alpha value is -2.29. The van der Waals surface area contributed by atoms with Crippen molar-refractivity contribution >= 4 is 11.6 Å². The van der Waals surface area contributed by atoms with Gasteiger partial charge in [-0.25, -0.2) is 0 Å². The highest BCUT2D eigenvalue weighted by atomic mass is 16.1. The van der Waals surface area contributed by atoms with Crippen LogP contribution in [0.2, 0.25) is 0 Å². The minimum atomic E-state index is 0.00892. The van der Waals surface area contributed by atoms with E-state index in [1.807, 2.05) is 37.3 Å². The number of carbonyl (C=O) groups is 1. The molecule has 0 atom stereocenters. The summed E-state index contributed by atoms with van der Waals surface area (Å²) in [6.07, 6.45) is 0. The second kappa shape index (κ2) is 6.59. The Kier molecular flexibility index (Phi) is 4.56. The van der Waals surface area contributed by atoms with Gasteiger partial charge in [-0.1, -0.05) is 42.5 Å². The molecule has 3 heteroatoms. The van der Waals surface area contributed by atoms with Crippen LogP contribution in [0.25, 0.3) is 11.1 Å². The molecule has 1 amide bonds. The van der Waals surface area contributed by atoms with Gasteiger partial charge in [0.05, 0.1) is 6.54 Å². The fraction of sp³-hybridized carbons (Fsp3) is 0.188. The van der Waals surface area contributed by atoms with Crippen molar-refractivity contribution in [1.82, 2.24) is 5.32 Å². The molecule has 2 rings (SSSR count). The molecule has 2 aromatic carbocycles. The van der Waals surface area contributed by atoms with E-state index in [0.717, 1.165) is 5.69 Å². The van der Waals surface area contributed by atoms with Gasteiger partial charge in [0.15, 0.2) is 0 Å². The minimum absolute atomic E-state index is 0.00892. The van der Waals surface area contributed by atoms with Gasteiger partial charge in [0, 0.05) is 12.2 Å². The molecule has 0 spiro atoms. The Morgan fingerprint density at radius 3 is 2.21 bits per heavy atom. The Morgan fingerprint density at radius 1 is 0.947 bits per heavy atom. The molecule has 0 fully saturated rings. The minimum Gasteiger partial charge on any atom is -0.376 e. The van der Waals surface area contributed by atoms with E-state index in [1.54, 1.807) is 0 Å². The first-order chi connectivity index (χ1) is 9.29. The van der Waals surface area contributed by atoms with E-state index in [2.05, 4.69) is 34.9 Å². The SMILES string of the molecule is CCNC(=O)CNc1ccc(-c2ccccc2)cc1. The first-order valence-electron chi connectivity index (χ1n) is 6.45. The van der Waals surface area contributed by atoms with Crippen LogP contribution in [-0.2, 0) is 4.79 Å². The molecular formula is C16H18N2O. The summed E-state index contributed by atoms with van der Waals surface area (Å²) in [6, 6.07) is 18.3. The molecule has 0 heterocycles. The van der Waals surface area contributed by atoms with E-state index in [4.69, 9.17) is 0 Å². The molecule has 0 aliphatic heterocycles. The zero-order valence-electron chi connectivity index (χ0n) is 11.0. The van der Waals surface area contributed by atoms with Crippen LogP contribution < -0.4 is 10.6 Å². The van der Waals surface area contributed by atoms with E-state index in [9.17, 15) is 4.79 Å². The fourth-order valence-electron chi connectivity index (χ4n) is 1.85. The lowest BCUT2D eigenvalue weighted by molar-refractivity contribution is -0.119. The summed E-state index contributed by atoms with van der Waals surface area (Å²) in [5.74, 6) is 0.00892. The molecule has 0 saturated heterocycles. The predicted molar refractivity (Wildman–Crippen MR) is 79.1 cm³/mol. The summed E-state index contributed by atoms with van der Waals surface area (Å²) >= 11 is 0. The number of anilines is 1. The van der Waals surface area contributed by atoms with Gasteiger partial charge >= 0.3 is 0 Å². The predicted octanol–water partition coefficient (Wildman–Crippen LogP) is 2.90. The second-order valence-corrected chi connectivity index (χ2v) is 4.25. The number of nitrogens with one attached hydrogen (secondary N) is 2. The van der Waals surface area contributed by atoms with E-state index in [0.29, 0.717) is 13.1 Å². The topological polar surface area (TPSA) is 41.1 Å². The van der Waals surface area contributed by atoms with Crippen molar-refractivity contribution in [2.24, 2.45) is 0 Å². The van der Waals surface area contributed by atoms with E-state index < -0.39 is 0 Å². The lowest BCUT2D eigenvalue weighted by Crippen LogP contribution is -2.29. The smallest absolute Gasteiger partial charge is 0.239 e. The van der Waals surface area contributed by atoms with Gasteiger partial charge in [0.2, 0.25) is 5.91 Å². The summed E-state index contributed by atoms with van der Waals surface area (Å²) < 4.78 is 0. The van der Waals surface area contributed by atoms with Crippen LogP contribution in [0.3, 0.4) is 0 Å². The Balaban J connectivity index is 1.97. The van der Waals surface area contributed by atoms with Gasteiger partial charge in [-0.05, 0) is 30.2 Å². The molecule has 0 aromatic heterocycles. The maximum Gasteiger partial charge on any atom is 0.239 e. The number of carbonyl (C=O) groups excluding carboxylic acids is 1. The number of rotatable bonds is 5. The maximum absolute atomic E-state index is 11.3. The highest BCUT2D eigenvalue weighted by Gasteiger charge is 2.00. The Morgan fingerprint density at radius 2 is 1.58 bits per heavy atom. The van der Waals surface area contributed by atoms with Crippen molar-refractivity contribution < 1.29 is 4.79 Å². The third-order valence-corrected chi connectivity index (χ3v) is 2.82. The molecule has 0 unspecified atom stereocenters. The number of benzene rings is 2. The van der Waals surface area contributed by atoms with Crippen molar-refractivity contribution in [3.8, 4) is 11.1 Å². The molecule has 19 heavy (non-hydrogen) atoms. The van der Waals surface area contributed by atoms with Gasteiger partial charge in [0.1, 0.15) is 0 Å². The van der Waals surface area contributed by atoms with Gasteiger partial charge in [-0.3, -0.25) is 4.79 Å². The summed E-state index contributed by atoms with van der Waals surface area (Å²) in [5, 5.41) is 5.85. The van der Waals surface area contributed by atoms with E-state index >= 15 is 0 Å². The first kappa shape index (κ1) is 13.1. The summed E-state index contributed by atoms with van der Waals surface area (Å²) in [5.41, 5.74) is 3.31. The monoisotopic (exact) mass is 254 g/mol. The highest BCUT2D eigenvalue weighted by Crippen LogP contribution is 2.20. The standard InChI is InChI=1S/C16H18N2O/c1-2-17-16(19)12-18-15-10-8-14(9-11-15)13-6-4-3-5-7-13/h3-11,18H,2,12H2,1H3,(H,17,19). The van der Waals surface area contributed by atoms with Crippen LogP contribution >= 0.6 is 0 Å². The lowest BCUT2D eigenvalue weighted by Gasteiger charge is -2.07. The van der Waals surface area contributed by atoms with Crippen LogP contribution in [-0.4, -0.2) is 19.0 Å². The third kappa shape index (κ3) is 3.85. The average molecular weight is 254 g/mol. The summed E-state index contributed by atoms with van der Waals surface area (Å²) in [7, 11) is 0. The van der Waals surface area contributed by atoms with Crippen LogP contribution in [0, 0.1) is 0 Å². The lowest BCUT2D eigenvalue weighted by atomic mass is 10.1. The van der Waals surface area contributed by atoms with Crippen LogP contribution in [0.15, 0.2) is 54.6 Å². The second-order valence-electron chi connectivity index (χ2n) is 4.25. The van der Waals surface area contributed by atoms with Gasteiger partial charge in [-0.15, -0.1) is 0 Å².